The van der Waals surface area contributed by atoms with Gasteiger partial charge < -0.3 is 9.84 Å². The summed E-state index contributed by atoms with van der Waals surface area (Å²) in [5.74, 6) is 2.15. The second-order valence-electron chi connectivity index (χ2n) is 4.49. The Balaban J connectivity index is 2.00. The van der Waals surface area contributed by atoms with Gasteiger partial charge in [-0.25, -0.2) is 4.39 Å². The lowest BCUT2D eigenvalue weighted by Gasteiger charge is -2.37. The maximum atomic E-state index is 13.1. The first-order chi connectivity index (χ1) is 7.69. The van der Waals surface area contributed by atoms with Crippen molar-refractivity contribution in [1.29, 1.82) is 0 Å². The van der Waals surface area contributed by atoms with Gasteiger partial charge in [-0.3, -0.25) is 0 Å². The van der Waals surface area contributed by atoms with Crippen LogP contribution in [0.3, 0.4) is 0 Å². The zero-order valence-corrected chi connectivity index (χ0v) is 9.60. The minimum atomic E-state index is -0.525. The van der Waals surface area contributed by atoms with Crippen molar-refractivity contribution in [2.45, 2.75) is 24.5 Å². The number of fused-ring (bicyclic) bond motifs is 1. The molecular formula is C12H13FO2S. The van der Waals surface area contributed by atoms with Crippen molar-refractivity contribution in [2.75, 3.05) is 11.5 Å². The van der Waals surface area contributed by atoms with Crippen LogP contribution < -0.4 is 4.74 Å². The summed E-state index contributed by atoms with van der Waals surface area (Å²) in [6.45, 7) is 0. The zero-order chi connectivity index (χ0) is 11.2. The van der Waals surface area contributed by atoms with E-state index >= 15 is 0 Å². The molecule has 2 nitrogen and oxygen atoms in total. The molecule has 2 aliphatic rings. The standard InChI is InChI=1S/C12H13FO2S/c13-8-1-2-9-10(14)6-12(3-4-16-7-12)15-11(9)5-8/h1-2,5,10,14H,3-4,6-7H2/t10-,12?/m1/s1. The molecule has 1 N–H and O–H groups in total. The average molecular weight is 240 g/mol. The molecule has 1 aromatic carbocycles. The van der Waals surface area contributed by atoms with Gasteiger partial charge in [-0.15, -0.1) is 0 Å². The van der Waals surface area contributed by atoms with Gasteiger partial charge in [-0.05, 0) is 24.3 Å². The van der Waals surface area contributed by atoms with E-state index in [-0.39, 0.29) is 11.4 Å². The van der Waals surface area contributed by atoms with Gasteiger partial charge >= 0.3 is 0 Å². The van der Waals surface area contributed by atoms with Crippen molar-refractivity contribution in [1.82, 2.24) is 0 Å². The molecule has 2 aliphatic heterocycles. The number of thioether (sulfide) groups is 1. The molecule has 0 saturated carbocycles. The van der Waals surface area contributed by atoms with E-state index in [0.717, 1.165) is 17.9 Å². The van der Waals surface area contributed by atoms with Crippen LogP contribution in [-0.2, 0) is 0 Å². The first kappa shape index (κ1) is 10.4. The van der Waals surface area contributed by atoms with Gasteiger partial charge in [0.25, 0.3) is 0 Å². The van der Waals surface area contributed by atoms with E-state index in [1.165, 1.54) is 12.1 Å². The van der Waals surface area contributed by atoms with Gasteiger partial charge in [0.15, 0.2) is 0 Å². The fourth-order valence-electron chi connectivity index (χ4n) is 2.44. The Morgan fingerprint density at radius 1 is 1.50 bits per heavy atom. The molecule has 1 fully saturated rings. The van der Waals surface area contributed by atoms with Gasteiger partial charge in [0.05, 0.1) is 6.10 Å². The van der Waals surface area contributed by atoms with E-state index in [1.54, 1.807) is 6.07 Å². The predicted molar refractivity (Wildman–Crippen MR) is 61.3 cm³/mol. The molecule has 0 amide bonds. The van der Waals surface area contributed by atoms with E-state index in [4.69, 9.17) is 4.74 Å². The third-order valence-corrected chi connectivity index (χ3v) is 4.52. The monoisotopic (exact) mass is 240 g/mol. The average Bonchev–Trinajstić information content (AvgIpc) is 2.65. The fourth-order valence-corrected chi connectivity index (χ4v) is 3.79. The van der Waals surface area contributed by atoms with Crippen molar-refractivity contribution < 1.29 is 14.2 Å². The summed E-state index contributed by atoms with van der Waals surface area (Å²) >= 11 is 1.83. The first-order valence-electron chi connectivity index (χ1n) is 5.43. The van der Waals surface area contributed by atoms with Crippen LogP contribution in [0, 0.1) is 5.82 Å². The van der Waals surface area contributed by atoms with Crippen LogP contribution in [0.5, 0.6) is 5.75 Å². The van der Waals surface area contributed by atoms with E-state index in [1.807, 2.05) is 11.8 Å². The number of hydrogen-bond acceptors (Lipinski definition) is 3. The summed E-state index contributed by atoms with van der Waals surface area (Å²) in [4.78, 5) is 0. The Labute approximate surface area is 97.8 Å². The third kappa shape index (κ3) is 1.60. The van der Waals surface area contributed by atoms with Crippen molar-refractivity contribution >= 4 is 11.8 Å². The Kier molecular flexibility index (Phi) is 2.37. The number of aliphatic hydroxyl groups is 1. The van der Waals surface area contributed by atoms with Crippen molar-refractivity contribution in [2.24, 2.45) is 0 Å². The van der Waals surface area contributed by atoms with Gasteiger partial charge in [-0.1, -0.05) is 0 Å². The molecule has 4 heteroatoms. The molecule has 86 valence electrons. The summed E-state index contributed by atoms with van der Waals surface area (Å²) in [7, 11) is 0. The molecule has 2 atom stereocenters. The number of hydrogen-bond donors (Lipinski definition) is 1. The lowest BCUT2D eigenvalue weighted by atomic mass is 9.88. The molecule has 16 heavy (non-hydrogen) atoms. The van der Waals surface area contributed by atoms with E-state index in [2.05, 4.69) is 0 Å². The molecule has 0 bridgehead atoms. The lowest BCUT2D eigenvalue weighted by Crippen LogP contribution is -2.41. The van der Waals surface area contributed by atoms with E-state index in [0.29, 0.717) is 17.7 Å². The molecule has 1 aromatic rings. The number of ether oxygens (including phenoxy) is 1. The number of halogens is 1. The summed E-state index contributed by atoms with van der Waals surface area (Å²) in [6, 6.07) is 4.36. The smallest absolute Gasteiger partial charge is 0.128 e. The maximum Gasteiger partial charge on any atom is 0.128 e. The van der Waals surface area contributed by atoms with Crippen LogP contribution in [0.2, 0.25) is 0 Å². The van der Waals surface area contributed by atoms with Crippen molar-refractivity contribution in [3.8, 4) is 5.75 Å². The van der Waals surface area contributed by atoms with Crippen LogP contribution in [-0.4, -0.2) is 22.2 Å². The molecule has 0 radical (unpaired) electrons. The second-order valence-corrected chi connectivity index (χ2v) is 5.59. The Hall–Kier alpha value is -0.740. The van der Waals surface area contributed by atoms with Crippen LogP contribution in [0.25, 0.3) is 0 Å². The highest BCUT2D eigenvalue weighted by molar-refractivity contribution is 7.99. The van der Waals surface area contributed by atoms with Crippen LogP contribution in [0.4, 0.5) is 4.39 Å². The number of benzene rings is 1. The molecule has 0 aromatic heterocycles. The number of rotatable bonds is 0. The summed E-state index contributed by atoms with van der Waals surface area (Å²) in [5, 5.41) is 10.1. The SMILES string of the molecule is O[C@@H]1CC2(CCSC2)Oc2cc(F)ccc21. The molecule has 1 saturated heterocycles. The van der Waals surface area contributed by atoms with Crippen molar-refractivity contribution in [3.05, 3.63) is 29.6 Å². The highest BCUT2D eigenvalue weighted by Crippen LogP contribution is 2.45. The van der Waals surface area contributed by atoms with Gasteiger partial charge in [0, 0.05) is 23.8 Å². The van der Waals surface area contributed by atoms with Crippen LogP contribution in [0.15, 0.2) is 18.2 Å². The maximum absolute atomic E-state index is 13.1. The summed E-state index contributed by atoms with van der Waals surface area (Å²) in [5.41, 5.74) is 0.439. The Bertz CT molecular complexity index is 415. The van der Waals surface area contributed by atoms with Crippen molar-refractivity contribution in [3.63, 3.8) is 0 Å². The largest absolute Gasteiger partial charge is 0.486 e. The fraction of sp³-hybridized carbons (Fsp3) is 0.500. The highest BCUT2D eigenvalue weighted by atomic mass is 32.2. The summed E-state index contributed by atoms with van der Waals surface area (Å²) < 4.78 is 19.0. The first-order valence-corrected chi connectivity index (χ1v) is 6.58. The summed E-state index contributed by atoms with van der Waals surface area (Å²) in [6.07, 6.45) is 1.03. The molecule has 1 spiro atoms. The lowest BCUT2D eigenvalue weighted by molar-refractivity contribution is 0.00378. The number of aliphatic hydroxyl groups excluding tert-OH is 1. The van der Waals surface area contributed by atoms with Gasteiger partial charge in [0.2, 0.25) is 0 Å². The van der Waals surface area contributed by atoms with E-state index < -0.39 is 6.10 Å². The third-order valence-electron chi connectivity index (χ3n) is 3.29. The van der Waals surface area contributed by atoms with E-state index in [9.17, 15) is 9.50 Å². The molecular weight excluding hydrogens is 227 g/mol. The van der Waals surface area contributed by atoms with Gasteiger partial charge in [0.1, 0.15) is 17.2 Å². The molecule has 0 aliphatic carbocycles. The Morgan fingerprint density at radius 3 is 3.12 bits per heavy atom. The molecule has 1 unspecified atom stereocenters. The zero-order valence-electron chi connectivity index (χ0n) is 8.78. The van der Waals surface area contributed by atoms with Gasteiger partial charge in [-0.2, -0.15) is 11.8 Å². The van der Waals surface area contributed by atoms with Crippen LogP contribution >= 0.6 is 11.8 Å². The highest BCUT2D eigenvalue weighted by Gasteiger charge is 2.43. The van der Waals surface area contributed by atoms with Crippen LogP contribution in [0.1, 0.15) is 24.5 Å². The Morgan fingerprint density at radius 2 is 2.38 bits per heavy atom. The minimum absolute atomic E-state index is 0.273. The normalized spacial score (nSPS) is 32.5. The predicted octanol–water partition coefficient (Wildman–Crippen LogP) is 2.52. The minimum Gasteiger partial charge on any atom is -0.486 e. The second kappa shape index (κ2) is 3.64. The quantitative estimate of drug-likeness (QED) is 0.755. The molecule has 3 rings (SSSR count). The molecule has 2 heterocycles. The topological polar surface area (TPSA) is 29.5 Å².